The molecule has 0 radical (unpaired) electrons. The van der Waals surface area contributed by atoms with E-state index in [2.05, 4.69) is 42.7 Å². The van der Waals surface area contributed by atoms with Crippen molar-refractivity contribution in [2.24, 2.45) is 11.8 Å². The van der Waals surface area contributed by atoms with E-state index < -0.39 is 0 Å². The maximum atomic E-state index is 4.29. The van der Waals surface area contributed by atoms with Crippen molar-refractivity contribution < 1.29 is 0 Å². The standard InChI is InChI=1S/C12H21N3S3/c1-7-5-8(2)10(9(6-7)13-3)17-12-15-14-11(16-4)18-12/h7-10,13H,5-6H2,1-4H3. The van der Waals surface area contributed by atoms with Gasteiger partial charge in [-0.25, -0.2) is 0 Å². The van der Waals surface area contributed by atoms with Crippen molar-refractivity contribution in [1.29, 1.82) is 0 Å². The normalized spacial score (nSPS) is 32.7. The molecule has 0 aromatic carbocycles. The molecule has 1 aromatic rings. The van der Waals surface area contributed by atoms with Crippen LogP contribution in [0.3, 0.4) is 0 Å². The van der Waals surface area contributed by atoms with Crippen LogP contribution in [-0.2, 0) is 0 Å². The van der Waals surface area contributed by atoms with Crippen LogP contribution < -0.4 is 5.32 Å². The minimum absolute atomic E-state index is 0.593. The molecule has 102 valence electrons. The second-order valence-corrected chi connectivity index (χ2v) is 8.53. The Morgan fingerprint density at radius 2 is 1.94 bits per heavy atom. The number of nitrogens with zero attached hydrogens (tertiary/aromatic N) is 2. The van der Waals surface area contributed by atoms with Gasteiger partial charge in [-0.2, -0.15) is 0 Å². The Kier molecular flexibility index (Phi) is 5.35. The molecule has 1 N–H and O–H groups in total. The summed E-state index contributed by atoms with van der Waals surface area (Å²) < 4.78 is 2.18. The molecule has 1 aliphatic rings. The Bertz CT molecular complexity index is 382. The molecule has 4 atom stereocenters. The molecule has 18 heavy (non-hydrogen) atoms. The number of aromatic nitrogens is 2. The van der Waals surface area contributed by atoms with Crippen LogP contribution in [0, 0.1) is 11.8 Å². The summed E-state index contributed by atoms with van der Waals surface area (Å²) in [5.74, 6) is 1.56. The smallest absolute Gasteiger partial charge is 0.175 e. The van der Waals surface area contributed by atoms with E-state index in [-0.39, 0.29) is 0 Å². The van der Waals surface area contributed by atoms with E-state index in [4.69, 9.17) is 0 Å². The Labute approximate surface area is 122 Å². The van der Waals surface area contributed by atoms with E-state index in [0.29, 0.717) is 11.3 Å². The van der Waals surface area contributed by atoms with Gasteiger partial charge in [-0.15, -0.1) is 10.2 Å². The zero-order valence-electron chi connectivity index (χ0n) is 11.3. The summed E-state index contributed by atoms with van der Waals surface area (Å²) >= 11 is 5.31. The zero-order chi connectivity index (χ0) is 13.1. The molecule has 1 aromatic heterocycles. The quantitative estimate of drug-likeness (QED) is 0.863. The topological polar surface area (TPSA) is 37.8 Å². The van der Waals surface area contributed by atoms with Crippen LogP contribution in [0.25, 0.3) is 0 Å². The lowest BCUT2D eigenvalue weighted by Crippen LogP contribution is -2.44. The summed E-state index contributed by atoms with van der Waals surface area (Å²) in [6.45, 7) is 4.73. The van der Waals surface area contributed by atoms with Crippen molar-refractivity contribution in [3.05, 3.63) is 0 Å². The fourth-order valence-electron chi connectivity index (χ4n) is 2.75. The first-order valence-corrected chi connectivity index (χ1v) is 9.27. The average Bonchev–Trinajstić information content (AvgIpc) is 2.80. The molecular formula is C12H21N3S3. The minimum Gasteiger partial charge on any atom is -0.316 e. The van der Waals surface area contributed by atoms with Gasteiger partial charge >= 0.3 is 0 Å². The fraction of sp³-hybridized carbons (Fsp3) is 0.833. The molecule has 0 bridgehead atoms. The highest BCUT2D eigenvalue weighted by atomic mass is 32.2. The van der Waals surface area contributed by atoms with Gasteiger partial charge in [-0.05, 0) is 38.0 Å². The zero-order valence-corrected chi connectivity index (χ0v) is 13.8. The number of hydrogen-bond donors (Lipinski definition) is 1. The molecule has 0 aliphatic heterocycles. The number of nitrogens with one attached hydrogen (secondary N) is 1. The maximum Gasteiger partial charge on any atom is 0.175 e. The largest absolute Gasteiger partial charge is 0.316 e. The summed E-state index contributed by atoms with van der Waals surface area (Å²) in [5, 5.41) is 12.6. The Morgan fingerprint density at radius 1 is 1.22 bits per heavy atom. The second-order valence-electron chi connectivity index (χ2n) is 5.07. The van der Waals surface area contributed by atoms with Gasteiger partial charge in [0.2, 0.25) is 0 Å². The Morgan fingerprint density at radius 3 is 2.56 bits per heavy atom. The molecule has 3 nitrogen and oxygen atoms in total. The molecule has 4 unspecified atom stereocenters. The lowest BCUT2D eigenvalue weighted by atomic mass is 9.80. The van der Waals surface area contributed by atoms with E-state index in [1.165, 1.54) is 12.8 Å². The second kappa shape index (κ2) is 6.59. The van der Waals surface area contributed by atoms with E-state index in [9.17, 15) is 0 Å². The molecule has 6 heteroatoms. The van der Waals surface area contributed by atoms with Crippen molar-refractivity contribution in [3.63, 3.8) is 0 Å². The molecular weight excluding hydrogens is 282 g/mol. The summed E-state index contributed by atoms with van der Waals surface area (Å²) in [5.41, 5.74) is 0. The monoisotopic (exact) mass is 303 g/mol. The molecule has 0 spiro atoms. The summed E-state index contributed by atoms with van der Waals surface area (Å²) in [6.07, 6.45) is 4.65. The third-order valence-electron chi connectivity index (χ3n) is 3.56. The van der Waals surface area contributed by atoms with Crippen molar-refractivity contribution in [1.82, 2.24) is 15.5 Å². The highest BCUT2D eigenvalue weighted by Gasteiger charge is 2.34. The van der Waals surface area contributed by atoms with Gasteiger partial charge in [0.1, 0.15) is 0 Å². The van der Waals surface area contributed by atoms with Gasteiger partial charge in [0.15, 0.2) is 8.68 Å². The van der Waals surface area contributed by atoms with Gasteiger partial charge in [0.25, 0.3) is 0 Å². The maximum absolute atomic E-state index is 4.29. The SMILES string of the molecule is CNC1CC(C)CC(C)C1Sc1nnc(SC)s1. The Hall–Kier alpha value is 0.220. The number of hydrogen-bond acceptors (Lipinski definition) is 6. The van der Waals surface area contributed by atoms with Gasteiger partial charge in [-0.3, -0.25) is 0 Å². The highest BCUT2D eigenvalue weighted by molar-refractivity contribution is 8.03. The summed E-state index contributed by atoms with van der Waals surface area (Å²) in [6, 6.07) is 0.593. The summed E-state index contributed by atoms with van der Waals surface area (Å²) in [7, 11) is 2.08. The van der Waals surface area contributed by atoms with Crippen molar-refractivity contribution in [3.8, 4) is 0 Å². The van der Waals surface area contributed by atoms with Crippen LogP contribution in [0.5, 0.6) is 0 Å². The highest BCUT2D eigenvalue weighted by Crippen LogP contribution is 2.41. The van der Waals surface area contributed by atoms with Crippen molar-refractivity contribution in [2.75, 3.05) is 13.3 Å². The van der Waals surface area contributed by atoms with E-state index in [1.807, 2.05) is 11.8 Å². The van der Waals surface area contributed by atoms with Crippen LogP contribution in [0.1, 0.15) is 26.7 Å². The van der Waals surface area contributed by atoms with Gasteiger partial charge in [0.05, 0.1) is 0 Å². The van der Waals surface area contributed by atoms with Crippen LogP contribution in [-0.4, -0.2) is 34.8 Å². The van der Waals surface area contributed by atoms with E-state index >= 15 is 0 Å². The molecule has 1 saturated carbocycles. The predicted molar refractivity (Wildman–Crippen MR) is 81.7 cm³/mol. The molecule has 0 saturated heterocycles. The minimum atomic E-state index is 0.593. The third kappa shape index (κ3) is 3.40. The fourth-order valence-corrected chi connectivity index (χ4v) is 5.76. The van der Waals surface area contributed by atoms with Crippen molar-refractivity contribution >= 4 is 34.9 Å². The number of rotatable bonds is 4. The van der Waals surface area contributed by atoms with E-state index in [1.54, 1.807) is 23.1 Å². The molecule has 0 amide bonds. The third-order valence-corrected chi connectivity index (χ3v) is 7.14. The first kappa shape index (κ1) is 14.6. The van der Waals surface area contributed by atoms with E-state index in [0.717, 1.165) is 20.5 Å². The van der Waals surface area contributed by atoms with Crippen LogP contribution >= 0.6 is 34.9 Å². The van der Waals surface area contributed by atoms with Crippen LogP contribution in [0.2, 0.25) is 0 Å². The van der Waals surface area contributed by atoms with Gasteiger partial charge < -0.3 is 5.32 Å². The van der Waals surface area contributed by atoms with Crippen molar-refractivity contribution in [2.45, 2.75) is 46.7 Å². The Balaban J connectivity index is 2.05. The van der Waals surface area contributed by atoms with Gasteiger partial charge in [-0.1, -0.05) is 48.7 Å². The molecule has 1 aliphatic carbocycles. The first-order valence-electron chi connectivity index (χ1n) is 6.35. The molecule has 1 heterocycles. The molecule has 1 fully saturated rings. The average molecular weight is 304 g/mol. The van der Waals surface area contributed by atoms with Crippen LogP contribution in [0.4, 0.5) is 0 Å². The lowest BCUT2D eigenvalue weighted by molar-refractivity contribution is 0.257. The van der Waals surface area contributed by atoms with Crippen LogP contribution in [0.15, 0.2) is 8.68 Å². The van der Waals surface area contributed by atoms with Gasteiger partial charge in [0, 0.05) is 11.3 Å². The summed E-state index contributed by atoms with van der Waals surface area (Å²) in [4.78, 5) is 0. The lowest BCUT2D eigenvalue weighted by Gasteiger charge is -2.38. The molecule has 2 rings (SSSR count). The predicted octanol–water partition coefficient (Wildman–Crippen LogP) is 3.37. The first-order chi connectivity index (χ1) is 8.63. The number of thioether (sulfide) groups is 2.